The minimum atomic E-state index is -0.713. The molecule has 2 N–H and O–H groups in total. The Kier molecular flexibility index (Phi) is 12.2. The highest BCUT2D eigenvalue weighted by Gasteiger charge is 2.29. The van der Waals surface area contributed by atoms with Crippen LogP contribution in [0, 0.1) is 34.5 Å². The van der Waals surface area contributed by atoms with Crippen LogP contribution in [0.4, 0.5) is 0 Å². The summed E-state index contributed by atoms with van der Waals surface area (Å²) < 4.78 is 0. The fourth-order valence-electron chi connectivity index (χ4n) is 2.77. The van der Waals surface area contributed by atoms with Gasteiger partial charge in [-0.05, 0) is 26.2 Å². The standard InChI is InChI=1S/C26H42O2/c1-9-11-13-15-17-23(27)25(5,6)19-21(3)22(4)20-26(7,8)24(28)18-16-14-12-10-2/h20,23-24,27-28H,3,9-14,19H2,1-2,4-8H3/b22-20+. The van der Waals surface area contributed by atoms with E-state index in [1.165, 1.54) is 0 Å². The summed E-state index contributed by atoms with van der Waals surface area (Å²) in [6.45, 7) is 18.5. The van der Waals surface area contributed by atoms with Crippen LogP contribution in [0.25, 0.3) is 0 Å². The van der Waals surface area contributed by atoms with Gasteiger partial charge < -0.3 is 10.2 Å². The van der Waals surface area contributed by atoms with Crippen molar-refractivity contribution in [3.05, 3.63) is 23.8 Å². The predicted octanol–water partition coefficient (Wildman–Crippen LogP) is 6.04. The molecule has 0 aromatic rings. The molecule has 2 atom stereocenters. The molecule has 0 saturated heterocycles. The van der Waals surface area contributed by atoms with Gasteiger partial charge in [0.2, 0.25) is 0 Å². The highest BCUT2D eigenvalue weighted by atomic mass is 16.3. The molecule has 0 aliphatic carbocycles. The first-order chi connectivity index (χ1) is 13.0. The van der Waals surface area contributed by atoms with Crippen LogP contribution in [-0.4, -0.2) is 22.4 Å². The average molecular weight is 387 g/mol. The SMILES string of the molecule is C=C(CC(C)(C)C(O)C#CCCCC)/C(C)=C/C(C)(C)C(O)C#CCCCC. The van der Waals surface area contributed by atoms with Crippen molar-refractivity contribution in [2.24, 2.45) is 10.8 Å². The van der Waals surface area contributed by atoms with Crippen LogP contribution in [0.1, 0.15) is 93.4 Å². The summed E-state index contributed by atoms with van der Waals surface area (Å²) in [6.07, 6.45) is 7.29. The highest BCUT2D eigenvalue weighted by Crippen LogP contribution is 2.33. The molecule has 0 amide bonds. The Labute approximate surface area is 174 Å². The molecule has 2 nitrogen and oxygen atoms in total. The molecule has 0 bridgehead atoms. The zero-order valence-electron chi connectivity index (χ0n) is 19.3. The zero-order chi connectivity index (χ0) is 21.8. The number of allylic oxidation sites excluding steroid dienone is 2. The second-order valence-electron chi connectivity index (χ2n) is 9.07. The van der Waals surface area contributed by atoms with E-state index in [-0.39, 0.29) is 5.41 Å². The van der Waals surface area contributed by atoms with Crippen molar-refractivity contribution in [3.8, 4) is 23.7 Å². The Balaban J connectivity index is 5.04. The summed E-state index contributed by atoms with van der Waals surface area (Å²) in [5.74, 6) is 12.1. The maximum absolute atomic E-state index is 10.5. The lowest BCUT2D eigenvalue weighted by Gasteiger charge is -2.30. The van der Waals surface area contributed by atoms with Gasteiger partial charge in [0.05, 0.1) is 0 Å². The van der Waals surface area contributed by atoms with Gasteiger partial charge in [0.15, 0.2) is 0 Å². The number of rotatable bonds is 10. The van der Waals surface area contributed by atoms with Gasteiger partial charge >= 0.3 is 0 Å². The number of hydrogen-bond donors (Lipinski definition) is 2. The lowest BCUT2D eigenvalue weighted by atomic mass is 9.77. The van der Waals surface area contributed by atoms with E-state index in [0.29, 0.717) is 6.42 Å². The van der Waals surface area contributed by atoms with Gasteiger partial charge in [0.25, 0.3) is 0 Å². The average Bonchev–Trinajstić information content (AvgIpc) is 2.61. The Morgan fingerprint density at radius 1 is 0.929 bits per heavy atom. The molecule has 2 heteroatoms. The van der Waals surface area contributed by atoms with Gasteiger partial charge in [-0.3, -0.25) is 0 Å². The molecule has 0 radical (unpaired) electrons. The third-order valence-corrected chi connectivity index (χ3v) is 5.05. The number of unbranched alkanes of at least 4 members (excludes halogenated alkanes) is 4. The highest BCUT2D eigenvalue weighted by molar-refractivity contribution is 5.31. The first-order valence-corrected chi connectivity index (χ1v) is 10.7. The first kappa shape index (κ1) is 26.5. The van der Waals surface area contributed by atoms with Crippen molar-refractivity contribution in [2.45, 2.75) is 106 Å². The van der Waals surface area contributed by atoms with Gasteiger partial charge in [-0.25, -0.2) is 0 Å². The molecule has 0 aliphatic rings. The molecule has 0 aromatic heterocycles. The topological polar surface area (TPSA) is 40.5 Å². The summed E-state index contributed by atoms with van der Waals surface area (Å²) >= 11 is 0. The summed E-state index contributed by atoms with van der Waals surface area (Å²) in [4.78, 5) is 0. The predicted molar refractivity (Wildman–Crippen MR) is 122 cm³/mol. The van der Waals surface area contributed by atoms with E-state index in [1.807, 2.05) is 40.7 Å². The minimum absolute atomic E-state index is 0.381. The normalized spacial score (nSPS) is 14.4. The monoisotopic (exact) mass is 386 g/mol. The van der Waals surface area contributed by atoms with Crippen LogP contribution in [-0.2, 0) is 0 Å². The van der Waals surface area contributed by atoms with E-state index in [9.17, 15) is 10.2 Å². The Hall–Kier alpha value is -1.48. The maximum Gasteiger partial charge on any atom is 0.123 e. The molecular weight excluding hydrogens is 344 g/mol. The zero-order valence-corrected chi connectivity index (χ0v) is 19.3. The molecular formula is C26H42O2. The number of aliphatic hydroxyl groups excluding tert-OH is 2. The van der Waals surface area contributed by atoms with E-state index in [4.69, 9.17) is 0 Å². The number of hydrogen-bond acceptors (Lipinski definition) is 2. The van der Waals surface area contributed by atoms with Crippen molar-refractivity contribution < 1.29 is 10.2 Å². The quantitative estimate of drug-likeness (QED) is 0.273. The van der Waals surface area contributed by atoms with Gasteiger partial charge in [0, 0.05) is 23.7 Å². The summed E-state index contributed by atoms with van der Waals surface area (Å²) in [6, 6.07) is 0. The molecule has 0 heterocycles. The largest absolute Gasteiger partial charge is 0.380 e. The van der Waals surface area contributed by atoms with Crippen molar-refractivity contribution >= 4 is 0 Å². The Morgan fingerprint density at radius 2 is 1.39 bits per heavy atom. The van der Waals surface area contributed by atoms with E-state index in [0.717, 1.165) is 49.7 Å². The van der Waals surface area contributed by atoms with Crippen molar-refractivity contribution in [2.75, 3.05) is 0 Å². The minimum Gasteiger partial charge on any atom is -0.380 e. The molecule has 0 aromatic carbocycles. The van der Waals surface area contributed by atoms with Crippen molar-refractivity contribution in [3.63, 3.8) is 0 Å². The molecule has 28 heavy (non-hydrogen) atoms. The summed E-state index contributed by atoms with van der Waals surface area (Å²) in [5.41, 5.74) is 1.14. The van der Waals surface area contributed by atoms with Gasteiger partial charge in [0.1, 0.15) is 12.2 Å². The molecule has 2 unspecified atom stereocenters. The second kappa shape index (κ2) is 12.9. The van der Waals surface area contributed by atoms with Crippen LogP contribution in [0.3, 0.4) is 0 Å². The molecule has 0 fully saturated rings. The molecule has 0 aliphatic heterocycles. The van der Waals surface area contributed by atoms with Crippen LogP contribution in [0.5, 0.6) is 0 Å². The fourth-order valence-corrected chi connectivity index (χ4v) is 2.77. The maximum atomic E-state index is 10.5. The third kappa shape index (κ3) is 10.2. The van der Waals surface area contributed by atoms with Gasteiger partial charge in [-0.15, -0.1) is 11.8 Å². The first-order valence-electron chi connectivity index (χ1n) is 10.7. The van der Waals surface area contributed by atoms with Crippen LogP contribution in [0.15, 0.2) is 23.8 Å². The smallest absolute Gasteiger partial charge is 0.123 e. The van der Waals surface area contributed by atoms with Crippen molar-refractivity contribution in [1.82, 2.24) is 0 Å². The van der Waals surface area contributed by atoms with Crippen LogP contribution < -0.4 is 0 Å². The van der Waals surface area contributed by atoms with E-state index >= 15 is 0 Å². The van der Waals surface area contributed by atoms with E-state index < -0.39 is 17.6 Å². The summed E-state index contributed by atoms with van der Waals surface area (Å²) in [5, 5.41) is 20.9. The lowest BCUT2D eigenvalue weighted by molar-refractivity contribution is 0.0991. The van der Waals surface area contributed by atoms with Crippen LogP contribution >= 0.6 is 0 Å². The van der Waals surface area contributed by atoms with Gasteiger partial charge in [-0.1, -0.05) is 90.0 Å². The fraction of sp³-hybridized carbons (Fsp3) is 0.692. The molecule has 158 valence electrons. The Bertz CT molecular complexity index is 629. The Morgan fingerprint density at radius 3 is 1.86 bits per heavy atom. The van der Waals surface area contributed by atoms with Crippen molar-refractivity contribution in [1.29, 1.82) is 0 Å². The summed E-state index contributed by atoms with van der Waals surface area (Å²) in [7, 11) is 0. The third-order valence-electron chi connectivity index (χ3n) is 5.05. The second-order valence-corrected chi connectivity index (χ2v) is 9.07. The van der Waals surface area contributed by atoms with E-state index in [1.54, 1.807) is 0 Å². The molecule has 0 spiro atoms. The van der Waals surface area contributed by atoms with Gasteiger partial charge in [-0.2, -0.15) is 0 Å². The lowest BCUT2D eigenvalue weighted by Crippen LogP contribution is -2.29. The molecule has 0 rings (SSSR count). The number of aliphatic hydroxyl groups is 2. The van der Waals surface area contributed by atoms with E-state index in [2.05, 4.69) is 44.1 Å². The van der Waals surface area contributed by atoms with Crippen LogP contribution in [0.2, 0.25) is 0 Å². The molecule has 0 saturated carbocycles.